The maximum Gasteiger partial charge on any atom is 0.164 e. The van der Waals surface area contributed by atoms with E-state index in [2.05, 4.69) is 6.58 Å². The van der Waals surface area contributed by atoms with Gasteiger partial charge in [0.05, 0.1) is 12.7 Å². The molecule has 31 heavy (non-hydrogen) atoms. The molecule has 0 heterocycles. The molecule has 0 aromatic heterocycles. The summed E-state index contributed by atoms with van der Waals surface area (Å²) in [5, 5.41) is 10.0. The number of halogens is 3. The molecule has 1 N–H and O–H groups in total. The maximum absolute atomic E-state index is 14.7. The zero-order chi connectivity index (χ0) is 22.4. The largest absolute Gasteiger partial charge is 0.493 e. The molecule has 1 aliphatic carbocycles. The Morgan fingerprint density at radius 1 is 1.03 bits per heavy atom. The molecule has 1 aliphatic rings. The Labute approximate surface area is 182 Å². The van der Waals surface area contributed by atoms with Gasteiger partial charge in [0, 0.05) is 11.6 Å². The van der Waals surface area contributed by atoms with Crippen molar-refractivity contribution in [1.82, 2.24) is 0 Å². The zero-order valence-electron chi connectivity index (χ0n) is 18.0. The molecule has 0 aliphatic heterocycles. The first-order valence-electron chi connectivity index (χ1n) is 11.1. The summed E-state index contributed by atoms with van der Waals surface area (Å²) in [7, 11) is 0. The molecule has 2 aromatic carbocycles. The van der Waals surface area contributed by atoms with E-state index in [0.29, 0.717) is 68.4 Å². The van der Waals surface area contributed by atoms with Crippen molar-refractivity contribution >= 4 is 0 Å². The Kier molecular flexibility index (Phi) is 8.19. The Hall–Kier alpha value is -2.27. The first-order chi connectivity index (χ1) is 15.0. The van der Waals surface area contributed by atoms with Gasteiger partial charge in [-0.15, -0.1) is 6.58 Å². The summed E-state index contributed by atoms with van der Waals surface area (Å²) in [6.45, 7) is 5.98. The minimum absolute atomic E-state index is 0.0225. The number of aliphatic hydroxyl groups excluding tert-OH is 1. The molecule has 5 heteroatoms. The maximum atomic E-state index is 14.7. The summed E-state index contributed by atoms with van der Waals surface area (Å²) in [6, 6.07) is 8.08. The standard InChI is InChI=1S/C26H31F3O2/c1-3-5-15-31-19-11-12-20(23(27)16-19)17-7-9-18(10-8-17)21-13-14-22(24(30)6-4-2)26(29)25(21)28/h3,11-14,16-18,24,30H,1,4-10,15H2,2H3. The second-order valence-corrected chi connectivity index (χ2v) is 8.33. The molecule has 1 atom stereocenters. The van der Waals surface area contributed by atoms with Gasteiger partial charge < -0.3 is 9.84 Å². The summed E-state index contributed by atoms with van der Waals surface area (Å²) in [5.74, 6) is -1.64. The van der Waals surface area contributed by atoms with Gasteiger partial charge in [0.15, 0.2) is 11.6 Å². The van der Waals surface area contributed by atoms with Crippen LogP contribution in [0.2, 0.25) is 0 Å². The summed E-state index contributed by atoms with van der Waals surface area (Å²) in [4.78, 5) is 0. The fourth-order valence-electron chi connectivity index (χ4n) is 4.49. The highest BCUT2D eigenvalue weighted by molar-refractivity contribution is 5.33. The van der Waals surface area contributed by atoms with E-state index in [1.54, 1.807) is 24.3 Å². The molecule has 0 radical (unpaired) electrons. The van der Waals surface area contributed by atoms with Crippen LogP contribution in [0.4, 0.5) is 13.2 Å². The third-order valence-corrected chi connectivity index (χ3v) is 6.23. The highest BCUT2D eigenvalue weighted by atomic mass is 19.2. The first-order valence-corrected chi connectivity index (χ1v) is 11.1. The molecular weight excluding hydrogens is 401 g/mol. The van der Waals surface area contributed by atoms with Crippen molar-refractivity contribution in [1.29, 1.82) is 0 Å². The van der Waals surface area contributed by atoms with E-state index < -0.39 is 17.7 Å². The van der Waals surface area contributed by atoms with Gasteiger partial charge in [0.2, 0.25) is 0 Å². The van der Waals surface area contributed by atoms with Gasteiger partial charge in [0.25, 0.3) is 0 Å². The van der Waals surface area contributed by atoms with Crippen LogP contribution >= 0.6 is 0 Å². The van der Waals surface area contributed by atoms with Crippen LogP contribution in [0, 0.1) is 17.5 Å². The van der Waals surface area contributed by atoms with E-state index in [4.69, 9.17) is 4.74 Å². The van der Waals surface area contributed by atoms with Crippen LogP contribution in [0.25, 0.3) is 0 Å². The fourth-order valence-corrected chi connectivity index (χ4v) is 4.49. The molecule has 1 fully saturated rings. The second kappa shape index (κ2) is 10.9. The second-order valence-electron chi connectivity index (χ2n) is 8.33. The molecule has 2 nitrogen and oxygen atoms in total. The normalized spacial score (nSPS) is 19.8. The summed E-state index contributed by atoms with van der Waals surface area (Å²) >= 11 is 0. The summed E-state index contributed by atoms with van der Waals surface area (Å²) in [6.07, 6.45) is 5.28. The van der Waals surface area contributed by atoms with Crippen molar-refractivity contribution in [2.75, 3.05) is 6.61 Å². The van der Waals surface area contributed by atoms with Gasteiger partial charge in [-0.2, -0.15) is 0 Å². The van der Waals surface area contributed by atoms with Crippen LogP contribution < -0.4 is 4.74 Å². The van der Waals surface area contributed by atoms with Gasteiger partial charge in [-0.25, -0.2) is 13.2 Å². The van der Waals surface area contributed by atoms with Crippen molar-refractivity contribution in [2.45, 2.75) is 69.8 Å². The molecule has 3 rings (SSSR count). The van der Waals surface area contributed by atoms with E-state index in [-0.39, 0.29) is 23.2 Å². The van der Waals surface area contributed by atoms with E-state index in [0.717, 1.165) is 0 Å². The van der Waals surface area contributed by atoms with Crippen molar-refractivity contribution in [3.05, 3.63) is 77.1 Å². The lowest BCUT2D eigenvalue weighted by molar-refractivity contribution is 0.160. The summed E-state index contributed by atoms with van der Waals surface area (Å²) < 4.78 is 49.4. The molecule has 1 unspecified atom stereocenters. The van der Waals surface area contributed by atoms with E-state index in [1.807, 2.05) is 6.92 Å². The van der Waals surface area contributed by atoms with E-state index in [9.17, 15) is 18.3 Å². The number of ether oxygens (including phenoxy) is 1. The highest BCUT2D eigenvalue weighted by Crippen LogP contribution is 2.43. The topological polar surface area (TPSA) is 29.5 Å². The minimum Gasteiger partial charge on any atom is -0.493 e. The zero-order valence-corrected chi connectivity index (χ0v) is 18.0. The third-order valence-electron chi connectivity index (χ3n) is 6.23. The average molecular weight is 433 g/mol. The smallest absolute Gasteiger partial charge is 0.164 e. The van der Waals surface area contributed by atoms with Crippen molar-refractivity contribution in [3.8, 4) is 5.75 Å². The number of benzene rings is 2. The Morgan fingerprint density at radius 3 is 2.29 bits per heavy atom. The molecular formula is C26H31F3O2. The predicted molar refractivity (Wildman–Crippen MR) is 117 cm³/mol. The van der Waals surface area contributed by atoms with E-state index >= 15 is 0 Å². The highest BCUT2D eigenvalue weighted by Gasteiger charge is 2.29. The van der Waals surface area contributed by atoms with Crippen LogP contribution in [0.15, 0.2) is 43.0 Å². The number of hydrogen-bond donors (Lipinski definition) is 1. The summed E-state index contributed by atoms with van der Waals surface area (Å²) in [5.41, 5.74) is 1.03. The fraction of sp³-hybridized carbons (Fsp3) is 0.462. The van der Waals surface area contributed by atoms with Crippen LogP contribution in [-0.4, -0.2) is 11.7 Å². The average Bonchev–Trinajstić information content (AvgIpc) is 2.76. The van der Waals surface area contributed by atoms with Crippen molar-refractivity contribution in [3.63, 3.8) is 0 Å². The van der Waals surface area contributed by atoms with Crippen molar-refractivity contribution < 1.29 is 23.0 Å². The lowest BCUT2D eigenvalue weighted by Gasteiger charge is -2.30. The molecule has 0 saturated heterocycles. The van der Waals surface area contributed by atoms with Crippen LogP contribution in [0.3, 0.4) is 0 Å². The molecule has 168 valence electrons. The molecule has 1 saturated carbocycles. The lowest BCUT2D eigenvalue weighted by atomic mass is 9.75. The monoisotopic (exact) mass is 432 g/mol. The van der Waals surface area contributed by atoms with Crippen LogP contribution in [-0.2, 0) is 0 Å². The van der Waals surface area contributed by atoms with Gasteiger partial charge in [0.1, 0.15) is 11.6 Å². The van der Waals surface area contributed by atoms with E-state index in [1.165, 1.54) is 12.1 Å². The number of aliphatic hydroxyl groups is 1. The quantitative estimate of drug-likeness (QED) is 0.332. The SMILES string of the molecule is C=CCCOc1ccc(C2CCC(c3ccc(C(O)CCC)c(F)c3F)CC2)c(F)c1. The number of rotatable bonds is 9. The lowest BCUT2D eigenvalue weighted by Crippen LogP contribution is -2.15. The van der Waals surface area contributed by atoms with Crippen LogP contribution in [0.1, 0.15) is 86.5 Å². The number of hydrogen-bond acceptors (Lipinski definition) is 2. The van der Waals surface area contributed by atoms with Crippen molar-refractivity contribution in [2.24, 2.45) is 0 Å². The third kappa shape index (κ3) is 5.51. The molecule has 0 spiro atoms. The molecule has 0 amide bonds. The molecule has 0 bridgehead atoms. The van der Waals surface area contributed by atoms with Gasteiger partial charge in [-0.1, -0.05) is 37.6 Å². The van der Waals surface area contributed by atoms with Gasteiger partial charge in [-0.3, -0.25) is 0 Å². The van der Waals surface area contributed by atoms with Gasteiger partial charge >= 0.3 is 0 Å². The predicted octanol–water partition coefficient (Wildman–Crippen LogP) is 7.33. The Bertz CT molecular complexity index is 888. The Balaban J connectivity index is 1.66. The van der Waals surface area contributed by atoms with Gasteiger partial charge in [-0.05, 0) is 67.6 Å². The molecule has 2 aromatic rings. The Morgan fingerprint density at radius 2 is 1.68 bits per heavy atom. The first kappa shape index (κ1) is 23.4. The van der Waals surface area contributed by atoms with Crippen LogP contribution in [0.5, 0.6) is 5.75 Å². The minimum atomic E-state index is -0.990.